The molecule has 1 fully saturated rings. The fourth-order valence-electron chi connectivity index (χ4n) is 2.51. The topological polar surface area (TPSA) is 63.2 Å². The molecule has 2 aromatic rings. The normalized spacial score (nSPS) is 20.8. The van der Waals surface area contributed by atoms with Gasteiger partial charge in [0.1, 0.15) is 0 Å². The number of piperidine rings is 1. The number of thiazole rings is 2. The number of aryl methyl sites for hydroxylation is 2. The van der Waals surface area contributed by atoms with Gasteiger partial charge in [-0.2, -0.15) is 4.31 Å². The van der Waals surface area contributed by atoms with Gasteiger partial charge in [-0.1, -0.05) is 0 Å². The van der Waals surface area contributed by atoms with Crippen molar-refractivity contribution < 1.29 is 8.42 Å². The van der Waals surface area contributed by atoms with Crippen LogP contribution < -0.4 is 0 Å². The van der Waals surface area contributed by atoms with Gasteiger partial charge in [-0.25, -0.2) is 18.4 Å². The van der Waals surface area contributed by atoms with Crippen LogP contribution in [0.25, 0.3) is 0 Å². The second-order valence-corrected chi connectivity index (χ2v) is 9.52. The summed E-state index contributed by atoms with van der Waals surface area (Å²) >= 11 is 2.86. The summed E-state index contributed by atoms with van der Waals surface area (Å²) in [5, 5.41) is 3.85. The Labute approximate surface area is 132 Å². The van der Waals surface area contributed by atoms with Crippen LogP contribution in [0.3, 0.4) is 0 Å². The van der Waals surface area contributed by atoms with Gasteiger partial charge in [-0.3, -0.25) is 0 Å². The summed E-state index contributed by atoms with van der Waals surface area (Å²) in [6.45, 7) is 4.89. The second kappa shape index (κ2) is 5.75. The van der Waals surface area contributed by atoms with Crippen molar-refractivity contribution in [1.82, 2.24) is 14.3 Å². The molecule has 0 radical (unpaired) electrons. The molecule has 0 aliphatic carbocycles. The molecule has 0 N–H and O–H groups in total. The summed E-state index contributed by atoms with van der Waals surface area (Å²) in [4.78, 5) is 8.58. The zero-order chi connectivity index (χ0) is 15.0. The van der Waals surface area contributed by atoms with E-state index in [2.05, 4.69) is 9.97 Å². The molecule has 0 spiro atoms. The van der Waals surface area contributed by atoms with E-state index in [-0.39, 0.29) is 5.92 Å². The highest BCUT2D eigenvalue weighted by Gasteiger charge is 2.33. The number of nitrogens with zero attached hydrogens (tertiary/aromatic N) is 3. The fourth-order valence-corrected chi connectivity index (χ4v) is 6.22. The highest BCUT2D eigenvalue weighted by atomic mass is 32.2. The molecule has 5 nitrogen and oxygen atoms in total. The fraction of sp³-hybridized carbons (Fsp3) is 0.538. The minimum Gasteiger partial charge on any atom is -0.249 e. The Balaban J connectivity index is 1.83. The van der Waals surface area contributed by atoms with Crippen LogP contribution in [0, 0.1) is 13.8 Å². The first-order valence-corrected chi connectivity index (χ1v) is 9.95. The molecule has 2 aromatic heterocycles. The third-order valence-corrected chi connectivity index (χ3v) is 7.90. The lowest BCUT2D eigenvalue weighted by atomic mass is 10.0. The summed E-state index contributed by atoms with van der Waals surface area (Å²) in [6, 6.07) is 0. The largest absolute Gasteiger partial charge is 0.254 e. The molecular formula is C13H17N3O2S3. The summed E-state index contributed by atoms with van der Waals surface area (Å²) < 4.78 is 27.3. The molecule has 21 heavy (non-hydrogen) atoms. The van der Waals surface area contributed by atoms with Crippen LogP contribution in [-0.4, -0.2) is 35.8 Å². The predicted octanol–water partition coefficient (Wildman–Crippen LogP) is 2.78. The van der Waals surface area contributed by atoms with Gasteiger partial charge < -0.3 is 0 Å². The average Bonchev–Trinajstić information content (AvgIpc) is 3.08. The Morgan fingerprint density at radius 3 is 2.81 bits per heavy atom. The van der Waals surface area contributed by atoms with E-state index in [0.717, 1.165) is 28.6 Å². The summed E-state index contributed by atoms with van der Waals surface area (Å²) in [5.74, 6) is 0.209. The number of sulfonamides is 1. The molecule has 1 aliphatic rings. The van der Waals surface area contributed by atoms with Crippen molar-refractivity contribution in [2.75, 3.05) is 13.1 Å². The van der Waals surface area contributed by atoms with Gasteiger partial charge in [0.25, 0.3) is 10.0 Å². The summed E-state index contributed by atoms with van der Waals surface area (Å²) in [7, 11) is -3.41. The van der Waals surface area contributed by atoms with E-state index in [9.17, 15) is 8.42 Å². The third kappa shape index (κ3) is 3.03. The standard InChI is InChI=1S/C13H17N3O2S3/c1-9-8-19-13(15-9)11-4-3-5-16(7-11)21(17,18)12-6-14-10(2)20-12/h6,8,11H,3-5,7H2,1-2H3/t11-/m1/s1. The maximum absolute atomic E-state index is 12.7. The molecule has 1 atom stereocenters. The monoisotopic (exact) mass is 343 g/mol. The zero-order valence-electron chi connectivity index (χ0n) is 11.9. The molecule has 8 heteroatoms. The van der Waals surface area contributed by atoms with Crippen molar-refractivity contribution in [3.05, 3.63) is 27.3 Å². The van der Waals surface area contributed by atoms with Crippen LogP contribution in [-0.2, 0) is 10.0 Å². The molecule has 0 unspecified atom stereocenters. The van der Waals surface area contributed by atoms with Crippen molar-refractivity contribution in [2.24, 2.45) is 0 Å². The van der Waals surface area contributed by atoms with Gasteiger partial charge in [0, 0.05) is 30.1 Å². The number of rotatable bonds is 3. The minimum atomic E-state index is -3.41. The first kappa shape index (κ1) is 15.1. The maximum Gasteiger partial charge on any atom is 0.254 e. The zero-order valence-corrected chi connectivity index (χ0v) is 14.4. The van der Waals surface area contributed by atoms with E-state index in [0.29, 0.717) is 17.3 Å². The molecule has 3 rings (SSSR count). The lowest BCUT2D eigenvalue weighted by Crippen LogP contribution is -2.38. The molecule has 0 saturated carbocycles. The number of aromatic nitrogens is 2. The molecule has 0 bridgehead atoms. The Bertz CT molecular complexity index is 735. The van der Waals surface area contributed by atoms with Crippen molar-refractivity contribution in [1.29, 1.82) is 0 Å². The average molecular weight is 343 g/mol. The van der Waals surface area contributed by atoms with E-state index in [4.69, 9.17) is 0 Å². The third-order valence-electron chi connectivity index (χ3n) is 3.56. The van der Waals surface area contributed by atoms with Crippen LogP contribution >= 0.6 is 22.7 Å². The molecule has 0 amide bonds. The predicted molar refractivity (Wildman–Crippen MR) is 84.4 cm³/mol. The van der Waals surface area contributed by atoms with E-state index in [1.165, 1.54) is 17.5 Å². The van der Waals surface area contributed by atoms with Gasteiger partial charge in [-0.15, -0.1) is 22.7 Å². The summed E-state index contributed by atoms with van der Waals surface area (Å²) in [6.07, 6.45) is 3.34. The van der Waals surface area contributed by atoms with E-state index >= 15 is 0 Å². The van der Waals surface area contributed by atoms with Crippen molar-refractivity contribution in [3.8, 4) is 0 Å². The van der Waals surface area contributed by atoms with E-state index in [1.54, 1.807) is 15.6 Å². The number of hydrogen-bond acceptors (Lipinski definition) is 6. The maximum atomic E-state index is 12.7. The Morgan fingerprint density at radius 2 is 2.19 bits per heavy atom. The first-order chi connectivity index (χ1) is 9.96. The van der Waals surface area contributed by atoms with E-state index < -0.39 is 10.0 Å². The Hall–Kier alpha value is -0.830. The Morgan fingerprint density at radius 1 is 1.38 bits per heavy atom. The second-order valence-electron chi connectivity index (χ2n) is 5.23. The highest BCUT2D eigenvalue weighted by Crippen LogP contribution is 2.32. The van der Waals surface area contributed by atoms with Crippen LogP contribution in [0.1, 0.15) is 34.5 Å². The molecule has 3 heterocycles. The Kier molecular flexibility index (Phi) is 4.13. The minimum absolute atomic E-state index is 0.209. The SMILES string of the molecule is Cc1csc([C@@H]2CCCN(S(=O)(=O)c3cnc(C)s3)C2)n1. The molecule has 1 saturated heterocycles. The molecule has 114 valence electrons. The van der Waals surface area contributed by atoms with Crippen molar-refractivity contribution in [3.63, 3.8) is 0 Å². The van der Waals surface area contributed by atoms with Crippen LogP contribution in [0.5, 0.6) is 0 Å². The van der Waals surface area contributed by atoms with Gasteiger partial charge >= 0.3 is 0 Å². The first-order valence-electron chi connectivity index (χ1n) is 6.81. The van der Waals surface area contributed by atoms with Gasteiger partial charge in [0.2, 0.25) is 0 Å². The lowest BCUT2D eigenvalue weighted by molar-refractivity contribution is 0.316. The van der Waals surface area contributed by atoms with Crippen molar-refractivity contribution >= 4 is 32.7 Å². The van der Waals surface area contributed by atoms with Crippen LogP contribution in [0.2, 0.25) is 0 Å². The van der Waals surface area contributed by atoms with Crippen molar-refractivity contribution in [2.45, 2.75) is 36.8 Å². The summed E-state index contributed by atoms with van der Waals surface area (Å²) in [5.41, 5.74) is 1.01. The quantitative estimate of drug-likeness (QED) is 0.860. The molecule has 1 aliphatic heterocycles. The van der Waals surface area contributed by atoms with Crippen LogP contribution in [0.15, 0.2) is 15.8 Å². The van der Waals surface area contributed by atoms with Gasteiger partial charge in [0.15, 0.2) is 4.21 Å². The highest BCUT2D eigenvalue weighted by molar-refractivity contribution is 7.91. The number of hydrogen-bond donors (Lipinski definition) is 0. The smallest absolute Gasteiger partial charge is 0.249 e. The molecule has 0 aromatic carbocycles. The van der Waals surface area contributed by atoms with Gasteiger partial charge in [-0.05, 0) is 26.7 Å². The lowest BCUT2D eigenvalue weighted by Gasteiger charge is -2.30. The van der Waals surface area contributed by atoms with Crippen LogP contribution in [0.4, 0.5) is 0 Å². The van der Waals surface area contributed by atoms with E-state index in [1.807, 2.05) is 19.2 Å². The van der Waals surface area contributed by atoms with Gasteiger partial charge in [0.05, 0.1) is 16.2 Å². The molecular weight excluding hydrogens is 326 g/mol.